The van der Waals surface area contributed by atoms with E-state index >= 15 is 0 Å². The Bertz CT molecular complexity index is 555. The van der Waals surface area contributed by atoms with E-state index in [4.69, 9.17) is 4.74 Å². The second kappa shape index (κ2) is 9.85. The van der Waals surface area contributed by atoms with E-state index in [1.165, 1.54) is 12.1 Å². The van der Waals surface area contributed by atoms with E-state index in [0.717, 1.165) is 5.57 Å². The second-order valence-electron chi connectivity index (χ2n) is 5.12. The SMILES string of the molecule is CCOC(=O)[C@H](O)CC(=C=CC[C@@H](O)c1ccc(O)cc1)CC. The van der Waals surface area contributed by atoms with Gasteiger partial charge >= 0.3 is 5.97 Å². The Morgan fingerprint density at radius 3 is 2.48 bits per heavy atom. The Kier molecular flexibility index (Phi) is 8.13. The van der Waals surface area contributed by atoms with E-state index in [0.29, 0.717) is 18.4 Å². The number of hydrogen-bond donors (Lipinski definition) is 3. The highest BCUT2D eigenvalue weighted by Crippen LogP contribution is 2.20. The minimum atomic E-state index is -1.19. The molecule has 0 amide bonds. The number of carbonyl (C=O) groups excluding carboxylic acids is 1. The lowest BCUT2D eigenvalue weighted by Crippen LogP contribution is -2.23. The third-order valence-electron chi connectivity index (χ3n) is 3.35. The summed E-state index contributed by atoms with van der Waals surface area (Å²) >= 11 is 0. The maximum Gasteiger partial charge on any atom is 0.335 e. The molecular formula is C18H24O5. The molecule has 5 heteroatoms. The van der Waals surface area contributed by atoms with E-state index in [1.807, 2.05) is 6.92 Å². The second-order valence-corrected chi connectivity index (χ2v) is 5.12. The average Bonchev–Trinajstić information content (AvgIpc) is 2.54. The van der Waals surface area contributed by atoms with Crippen LogP contribution in [0, 0.1) is 0 Å². The molecule has 1 aromatic carbocycles. The summed E-state index contributed by atoms with van der Waals surface area (Å²) in [6, 6.07) is 6.35. The molecule has 23 heavy (non-hydrogen) atoms. The van der Waals surface area contributed by atoms with E-state index < -0.39 is 18.2 Å². The molecule has 3 N–H and O–H groups in total. The number of rotatable bonds is 8. The molecule has 0 unspecified atom stereocenters. The summed E-state index contributed by atoms with van der Waals surface area (Å²) in [6.45, 7) is 3.83. The van der Waals surface area contributed by atoms with E-state index in [2.05, 4.69) is 5.73 Å². The highest BCUT2D eigenvalue weighted by Gasteiger charge is 2.17. The Labute approximate surface area is 136 Å². The lowest BCUT2D eigenvalue weighted by Gasteiger charge is -2.10. The Morgan fingerprint density at radius 1 is 1.26 bits per heavy atom. The lowest BCUT2D eigenvalue weighted by molar-refractivity contribution is -0.152. The summed E-state index contributed by atoms with van der Waals surface area (Å²) < 4.78 is 4.76. The zero-order valence-electron chi connectivity index (χ0n) is 13.5. The van der Waals surface area contributed by atoms with Crippen LogP contribution in [0.5, 0.6) is 5.75 Å². The van der Waals surface area contributed by atoms with Gasteiger partial charge in [0.05, 0.1) is 12.7 Å². The highest BCUT2D eigenvalue weighted by atomic mass is 16.5. The van der Waals surface area contributed by atoms with Crippen molar-refractivity contribution < 1.29 is 24.9 Å². The topological polar surface area (TPSA) is 87.0 Å². The normalized spacial score (nSPS) is 12.9. The molecule has 1 aromatic rings. The van der Waals surface area contributed by atoms with Crippen LogP contribution in [-0.2, 0) is 9.53 Å². The van der Waals surface area contributed by atoms with Crippen molar-refractivity contribution in [1.29, 1.82) is 0 Å². The van der Waals surface area contributed by atoms with Crippen molar-refractivity contribution in [1.82, 2.24) is 0 Å². The van der Waals surface area contributed by atoms with Crippen molar-refractivity contribution in [2.75, 3.05) is 6.61 Å². The number of benzene rings is 1. The summed E-state index contributed by atoms with van der Waals surface area (Å²) in [5, 5.41) is 29.0. The molecule has 0 fully saturated rings. The maximum absolute atomic E-state index is 11.4. The summed E-state index contributed by atoms with van der Waals surface area (Å²) in [6.07, 6.45) is 0.963. The smallest absolute Gasteiger partial charge is 0.335 e. The Hall–Kier alpha value is -2.07. The molecule has 0 saturated heterocycles. The van der Waals surface area contributed by atoms with Gasteiger partial charge in [0.25, 0.3) is 0 Å². The van der Waals surface area contributed by atoms with Crippen LogP contribution in [0.15, 0.2) is 41.6 Å². The van der Waals surface area contributed by atoms with Gasteiger partial charge in [0.1, 0.15) is 5.75 Å². The molecule has 0 saturated carbocycles. The zero-order valence-corrected chi connectivity index (χ0v) is 13.5. The summed E-state index contributed by atoms with van der Waals surface area (Å²) in [5.41, 5.74) is 4.50. The number of phenols is 1. The van der Waals surface area contributed by atoms with Gasteiger partial charge in [0, 0.05) is 12.8 Å². The molecule has 0 aliphatic heterocycles. The first-order chi connectivity index (χ1) is 11.0. The standard InChI is InChI=1S/C18H24O5/c1-3-13(12-17(21)18(22)23-4-2)6-5-7-16(20)14-8-10-15(19)11-9-14/h5,8-11,16-17,19-21H,3-4,7,12H2,1-2H3/t6?,16-,17-/m1/s1. The molecule has 1 rings (SSSR count). The van der Waals surface area contributed by atoms with E-state index in [9.17, 15) is 20.1 Å². The fourth-order valence-electron chi connectivity index (χ4n) is 2.01. The Balaban J connectivity index is 2.64. The van der Waals surface area contributed by atoms with Crippen molar-refractivity contribution in [3.8, 4) is 5.75 Å². The third kappa shape index (κ3) is 6.70. The van der Waals surface area contributed by atoms with Gasteiger partial charge in [-0.1, -0.05) is 19.1 Å². The number of aliphatic hydroxyl groups is 2. The third-order valence-corrected chi connectivity index (χ3v) is 3.35. The summed E-state index contributed by atoms with van der Waals surface area (Å²) in [7, 11) is 0. The number of hydrogen-bond acceptors (Lipinski definition) is 5. The summed E-state index contributed by atoms with van der Waals surface area (Å²) in [5.74, 6) is -0.484. The fourth-order valence-corrected chi connectivity index (χ4v) is 2.01. The minimum absolute atomic E-state index is 0.151. The molecule has 5 nitrogen and oxygen atoms in total. The predicted molar refractivity (Wildman–Crippen MR) is 86.8 cm³/mol. The number of aliphatic hydroxyl groups excluding tert-OH is 2. The average molecular weight is 320 g/mol. The van der Waals surface area contributed by atoms with Crippen LogP contribution in [0.4, 0.5) is 0 Å². The van der Waals surface area contributed by atoms with Gasteiger partial charge in [-0.15, -0.1) is 5.73 Å². The van der Waals surface area contributed by atoms with Crippen LogP contribution in [-0.4, -0.2) is 34.0 Å². The van der Waals surface area contributed by atoms with Crippen LogP contribution >= 0.6 is 0 Å². The van der Waals surface area contributed by atoms with Gasteiger partial charge < -0.3 is 20.1 Å². The quantitative estimate of drug-likeness (QED) is 0.506. The first-order valence-corrected chi connectivity index (χ1v) is 7.72. The zero-order chi connectivity index (χ0) is 17.2. The van der Waals surface area contributed by atoms with Crippen LogP contribution < -0.4 is 0 Å². The monoisotopic (exact) mass is 320 g/mol. The van der Waals surface area contributed by atoms with Gasteiger partial charge in [-0.25, -0.2) is 4.79 Å². The highest BCUT2D eigenvalue weighted by molar-refractivity contribution is 5.74. The molecule has 0 aliphatic rings. The number of ether oxygens (including phenoxy) is 1. The minimum Gasteiger partial charge on any atom is -0.508 e. The Morgan fingerprint density at radius 2 is 1.91 bits per heavy atom. The van der Waals surface area contributed by atoms with Gasteiger partial charge in [-0.2, -0.15) is 0 Å². The molecule has 0 bridgehead atoms. The number of aromatic hydroxyl groups is 1. The van der Waals surface area contributed by atoms with Crippen LogP contribution in [0.25, 0.3) is 0 Å². The lowest BCUT2D eigenvalue weighted by atomic mass is 10.0. The van der Waals surface area contributed by atoms with Crippen LogP contribution in [0.2, 0.25) is 0 Å². The van der Waals surface area contributed by atoms with Crippen molar-refractivity contribution in [3.63, 3.8) is 0 Å². The summed E-state index contributed by atoms with van der Waals surface area (Å²) in [4.78, 5) is 11.4. The molecule has 0 radical (unpaired) electrons. The first-order valence-electron chi connectivity index (χ1n) is 7.72. The molecule has 0 aromatic heterocycles. The molecule has 126 valence electrons. The van der Waals surface area contributed by atoms with Gasteiger partial charge in [0.2, 0.25) is 0 Å². The van der Waals surface area contributed by atoms with Gasteiger partial charge in [-0.05, 0) is 42.7 Å². The number of phenolic OH excluding ortho intramolecular Hbond substituents is 1. The first kappa shape index (κ1) is 19.0. The fraction of sp³-hybridized carbons (Fsp3) is 0.444. The number of esters is 1. The molecule has 2 atom stereocenters. The van der Waals surface area contributed by atoms with Crippen LogP contribution in [0.3, 0.4) is 0 Å². The largest absolute Gasteiger partial charge is 0.508 e. The maximum atomic E-state index is 11.4. The van der Waals surface area contributed by atoms with Crippen molar-refractivity contribution in [2.45, 2.75) is 45.3 Å². The number of carbonyl (C=O) groups is 1. The molecular weight excluding hydrogens is 296 g/mol. The van der Waals surface area contributed by atoms with Crippen molar-refractivity contribution in [3.05, 3.63) is 47.2 Å². The van der Waals surface area contributed by atoms with Crippen molar-refractivity contribution >= 4 is 5.97 Å². The van der Waals surface area contributed by atoms with E-state index in [1.54, 1.807) is 25.1 Å². The molecule has 0 heterocycles. The predicted octanol–water partition coefficient (Wildman–Crippen LogP) is 2.62. The van der Waals surface area contributed by atoms with E-state index in [-0.39, 0.29) is 18.8 Å². The van der Waals surface area contributed by atoms with Crippen LogP contribution in [0.1, 0.15) is 44.8 Å². The van der Waals surface area contributed by atoms with Gasteiger partial charge in [-0.3, -0.25) is 0 Å². The van der Waals surface area contributed by atoms with Gasteiger partial charge in [0.15, 0.2) is 6.10 Å². The molecule has 0 spiro atoms. The van der Waals surface area contributed by atoms with Crippen molar-refractivity contribution in [2.24, 2.45) is 0 Å². The molecule has 0 aliphatic carbocycles.